The summed E-state index contributed by atoms with van der Waals surface area (Å²) < 4.78 is 6.33. The molecule has 0 saturated carbocycles. The van der Waals surface area contributed by atoms with Gasteiger partial charge < -0.3 is 15.4 Å². The minimum absolute atomic E-state index is 0.0841. The van der Waals surface area contributed by atoms with Crippen LogP contribution in [0.15, 0.2) is 84.9 Å². The van der Waals surface area contributed by atoms with Crippen molar-refractivity contribution in [2.45, 2.75) is 25.7 Å². The standard InChI is InChI=1S/C24H28N2O/c1-25-17-16-24(21-12-6-3-7-13-21)27-19-22-14-8-9-15-23(22)26-18-20-10-4-2-5-11-20/h2-15,24-26H,16-19H2,1H3. The fourth-order valence-electron chi connectivity index (χ4n) is 3.09. The molecule has 3 rings (SSSR count). The highest BCUT2D eigenvalue weighted by Crippen LogP contribution is 2.25. The lowest BCUT2D eigenvalue weighted by Gasteiger charge is -2.20. The second kappa shape index (κ2) is 10.5. The van der Waals surface area contributed by atoms with Crippen molar-refractivity contribution in [3.63, 3.8) is 0 Å². The first-order chi connectivity index (χ1) is 13.4. The van der Waals surface area contributed by atoms with Crippen LogP contribution in [0, 0.1) is 0 Å². The number of benzene rings is 3. The van der Waals surface area contributed by atoms with Crippen molar-refractivity contribution >= 4 is 5.69 Å². The summed E-state index contributed by atoms with van der Waals surface area (Å²) in [5.41, 5.74) is 4.80. The molecule has 3 heteroatoms. The van der Waals surface area contributed by atoms with Crippen LogP contribution in [0.3, 0.4) is 0 Å². The molecule has 0 fully saturated rings. The van der Waals surface area contributed by atoms with Gasteiger partial charge in [-0.2, -0.15) is 0 Å². The lowest BCUT2D eigenvalue weighted by atomic mass is 10.1. The lowest BCUT2D eigenvalue weighted by Crippen LogP contribution is -2.14. The van der Waals surface area contributed by atoms with Crippen LogP contribution in [-0.4, -0.2) is 13.6 Å². The highest BCUT2D eigenvalue weighted by molar-refractivity contribution is 5.51. The Bertz CT molecular complexity index is 790. The molecule has 0 aliphatic carbocycles. The molecule has 1 atom stereocenters. The molecule has 3 nitrogen and oxygen atoms in total. The van der Waals surface area contributed by atoms with Crippen LogP contribution < -0.4 is 10.6 Å². The Morgan fingerprint density at radius 2 is 1.48 bits per heavy atom. The molecule has 0 saturated heterocycles. The van der Waals surface area contributed by atoms with E-state index in [-0.39, 0.29) is 6.10 Å². The van der Waals surface area contributed by atoms with E-state index in [1.165, 1.54) is 16.7 Å². The smallest absolute Gasteiger partial charge is 0.0841 e. The molecule has 0 bridgehead atoms. The molecule has 0 aromatic heterocycles. The van der Waals surface area contributed by atoms with Crippen molar-refractivity contribution in [3.8, 4) is 0 Å². The summed E-state index contributed by atoms with van der Waals surface area (Å²) in [7, 11) is 1.98. The highest BCUT2D eigenvalue weighted by Gasteiger charge is 2.12. The molecule has 0 amide bonds. The minimum atomic E-state index is 0.0841. The first-order valence-electron chi connectivity index (χ1n) is 9.53. The summed E-state index contributed by atoms with van der Waals surface area (Å²) >= 11 is 0. The van der Waals surface area contributed by atoms with E-state index in [2.05, 4.69) is 83.4 Å². The van der Waals surface area contributed by atoms with Gasteiger partial charge in [0.05, 0.1) is 12.7 Å². The maximum Gasteiger partial charge on any atom is 0.0841 e. The largest absolute Gasteiger partial charge is 0.381 e. The van der Waals surface area contributed by atoms with Crippen LogP contribution in [0.5, 0.6) is 0 Å². The summed E-state index contributed by atoms with van der Waals surface area (Å²) in [5.74, 6) is 0. The normalized spacial score (nSPS) is 11.9. The maximum absolute atomic E-state index is 6.33. The molecular formula is C24H28N2O. The molecule has 0 aliphatic rings. The average Bonchev–Trinajstić information content (AvgIpc) is 2.74. The zero-order chi connectivity index (χ0) is 18.7. The molecular weight excluding hydrogens is 332 g/mol. The van der Waals surface area contributed by atoms with Gasteiger partial charge >= 0.3 is 0 Å². The Morgan fingerprint density at radius 3 is 2.22 bits per heavy atom. The summed E-state index contributed by atoms with van der Waals surface area (Å²) in [6.45, 7) is 2.31. The van der Waals surface area contributed by atoms with Gasteiger partial charge in [-0.1, -0.05) is 78.9 Å². The van der Waals surface area contributed by atoms with Crippen LogP contribution in [0.25, 0.3) is 0 Å². The van der Waals surface area contributed by atoms with Crippen molar-refractivity contribution in [1.82, 2.24) is 5.32 Å². The Morgan fingerprint density at radius 1 is 0.815 bits per heavy atom. The minimum Gasteiger partial charge on any atom is -0.381 e. The van der Waals surface area contributed by atoms with Gasteiger partial charge in [0, 0.05) is 17.8 Å². The van der Waals surface area contributed by atoms with Crippen molar-refractivity contribution in [2.24, 2.45) is 0 Å². The van der Waals surface area contributed by atoms with E-state index in [4.69, 9.17) is 4.74 Å². The van der Waals surface area contributed by atoms with E-state index < -0.39 is 0 Å². The number of para-hydroxylation sites is 1. The van der Waals surface area contributed by atoms with Gasteiger partial charge in [0.15, 0.2) is 0 Å². The predicted molar refractivity (Wildman–Crippen MR) is 113 cm³/mol. The van der Waals surface area contributed by atoms with Crippen molar-refractivity contribution < 1.29 is 4.74 Å². The summed E-state index contributed by atoms with van der Waals surface area (Å²) in [6, 6.07) is 29.3. The zero-order valence-electron chi connectivity index (χ0n) is 15.9. The summed E-state index contributed by atoms with van der Waals surface area (Å²) in [5, 5.41) is 6.77. The first-order valence-corrected chi connectivity index (χ1v) is 9.53. The van der Waals surface area contributed by atoms with Gasteiger partial charge in [-0.25, -0.2) is 0 Å². The Kier molecular flexibility index (Phi) is 7.45. The van der Waals surface area contributed by atoms with E-state index in [0.29, 0.717) is 6.61 Å². The molecule has 1 unspecified atom stereocenters. The van der Waals surface area contributed by atoms with Gasteiger partial charge in [0.1, 0.15) is 0 Å². The molecule has 0 heterocycles. The average molecular weight is 361 g/mol. The number of hydrogen-bond acceptors (Lipinski definition) is 3. The van der Waals surface area contributed by atoms with Crippen molar-refractivity contribution in [2.75, 3.05) is 18.9 Å². The molecule has 3 aromatic rings. The number of hydrogen-bond donors (Lipinski definition) is 2. The number of anilines is 1. The van der Waals surface area contributed by atoms with Crippen LogP contribution in [0.4, 0.5) is 5.69 Å². The fourth-order valence-corrected chi connectivity index (χ4v) is 3.09. The molecule has 140 valence electrons. The molecule has 3 aromatic carbocycles. The lowest BCUT2D eigenvalue weighted by molar-refractivity contribution is 0.0347. The SMILES string of the molecule is CNCCC(OCc1ccccc1NCc1ccccc1)c1ccccc1. The zero-order valence-corrected chi connectivity index (χ0v) is 15.9. The van der Waals surface area contributed by atoms with Gasteiger partial charge in [0.25, 0.3) is 0 Å². The molecule has 0 spiro atoms. The topological polar surface area (TPSA) is 33.3 Å². The molecule has 0 radical (unpaired) electrons. The van der Waals surface area contributed by atoms with Gasteiger partial charge in [0.2, 0.25) is 0 Å². The van der Waals surface area contributed by atoms with Gasteiger partial charge in [-0.3, -0.25) is 0 Å². The fraction of sp³-hybridized carbons (Fsp3) is 0.250. The van der Waals surface area contributed by atoms with Crippen LogP contribution in [-0.2, 0) is 17.9 Å². The first kappa shape index (κ1) is 19.2. The van der Waals surface area contributed by atoms with E-state index in [0.717, 1.165) is 25.2 Å². The second-order valence-electron chi connectivity index (χ2n) is 6.60. The van der Waals surface area contributed by atoms with E-state index >= 15 is 0 Å². The van der Waals surface area contributed by atoms with Crippen molar-refractivity contribution in [3.05, 3.63) is 102 Å². The Balaban J connectivity index is 1.65. The number of nitrogens with one attached hydrogen (secondary N) is 2. The highest BCUT2D eigenvalue weighted by atomic mass is 16.5. The number of rotatable bonds is 10. The van der Waals surface area contributed by atoms with Gasteiger partial charge in [-0.05, 0) is 37.2 Å². The van der Waals surface area contributed by atoms with E-state index in [1.54, 1.807) is 0 Å². The number of ether oxygens (including phenoxy) is 1. The molecule has 2 N–H and O–H groups in total. The van der Waals surface area contributed by atoms with Crippen LogP contribution >= 0.6 is 0 Å². The van der Waals surface area contributed by atoms with E-state index in [9.17, 15) is 0 Å². The van der Waals surface area contributed by atoms with E-state index in [1.807, 2.05) is 19.2 Å². The quantitative estimate of drug-likeness (QED) is 0.523. The van der Waals surface area contributed by atoms with Gasteiger partial charge in [-0.15, -0.1) is 0 Å². The second-order valence-corrected chi connectivity index (χ2v) is 6.60. The monoisotopic (exact) mass is 360 g/mol. The Hall–Kier alpha value is -2.62. The van der Waals surface area contributed by atoms with Crippen LogP contribution in [0.1, 0.15) is 29.2 Å². The van der Waals surface area contributed by atoms with Crippen LogP contribution in [0.2, 0.25) is 0 Å². The summed E-state index contributed by atoms with van der Waals surface area (Å²) in [6.07, 6.45) is 1.03. The summed E-state index contributed by atoms with van der Waals surface area (Å²) in [4.78, 5) is 0. The molecule has 27 heavy (non-hydrogen) atoms. The third kappa shape index (κ3) is 5.95. The molecule has 0 aliphatic heterocycles. The predicted octanol–water partition coefficient (Wildman–Crippen LogP) is 5.17. The third-order valence-electron chi connectivity index (χ3n) is 4.61. The van der Waals surface area contributed by atoms with Crippen molar-refractivity contribution in [1.29, 1.82) is 0 Å². The maximum atomic E-state index is 6.33. The Labute approximate surface area is 162 Å². The third-order valence-corrected chi connectivity index (χ3v) is 4.61.